The summed E-state index contributed by atoms with van der Waals surface area (Å²) in [6.07, 6.45) is 6.76. The highest BCUT2D eigenvalue weighted by atomic mass is 35.5. The lowest BCUT2D eigenvalue weighted by atomic mass is 9.91. The summed E-state index contributed by atoms with van der Waals surface area (Å²) in [5, 5.41) is 5.63. The maximum atomic E-state index is 6.08. The molecule has 3 aromatic rings. The van der Waals surface area contributed by atoms with Crippen LogP contribution in [0.3, 0.4) is 0 Å². The smallest absolute Gasteiger partial charge is 0.175 e. The van der Waals surface area contributed by atoms with E-state index in [2.05, 4.69) is 91.4 Å². The summed E-state index contributed by atoms with van der Waals surface area (Å²) in [7, 11) is 4.14. The van der Waals surface area contributed by atoms with Crippen LogP contribution in [0.2, 0.25) is 0 Å². The highest BCUT2D eigenvalue weighted by molar-refractivity contribution is 5.86. The molecule has 0 saturated carbocycles. The van der Waals surface area contributed by atoms with Crippen molar-refractivity contribution in [3.8, 4) is 5.75 Å². The van der Waals surface area contributed by atoms with Gasteiger partial charge in [-0.05, 0) is 96.4 Å². The second-order valence-electron chi connectivity index (χ2n) is 10.1. The van der Waals surface area contributed by atoms with Crippen LogP contribution in [0.15, 0.2) is 58.6 Å². The molecule has 198 valence electrons. The van der Waals surface area contributed by atoms with E-state index in [4.69, 9.17) is 9.26 Å². The third-order valence-electron chi connectivity index (χ3n) is 6.73. The van der Waals surface area contributed by atoms with Crippen LogP contribution >= 0.6 is 24.8 Å². The molecule has 1 saturated heterocycles. The Morgan fingerprint density at radius 3 is 2.47 bits per heavy atom. The molecule has 0 unspecified atom stereocenters. The molecule has 0 amide bonds. The number of piperidine rings is 1. The van der Waals surface area contributed by atoms with E-state index in [-0.39, 0.29) is 24.8 Å². The molecule has 2 heterocycles. The molecule has 0 bridgehead atoms. The fraction of sp³-hybridized carbons (Fsp3) is 0.483. The van der Waals surface area contributed by atoms with Crippen molar-refractivity contribution >= 4 is 35.8 Å². The van der Waals surface area contributed by atoms with Crippen molar-refractivity contribution in [1.29, 1.82) is 0 Å². The van der Waals surface area contributed by atoms with Crippen molar-refractivity contribution in [1.82, 2.24) is 15.0 Å². The zero-order valence-electron chi connectivity index (χ0n) is 22.0. The topological polar surface area (TPSA) is 41.7 Å². The maximum absolute atomic E-state index is 6.08. The lowest BCUT2D eigenvalue weighted by Gasteiger charge is -2.31. The van der Waals surface area contributed by atoms with Crippen LogP contribution in [-0.4, -0.2) is 48.7 Å². The molecule has 1 aliphatic rings. The highest BCUT2D eigenvalue weighted by Gasteiger charge is 2.22. The molecular weight excluding hydrogens is 493 g/mol. The van der Waals surface area contributed by atoms with Gasteiger partial charge in [0.05, 0.1) is 11.3 Å². The lowest BCUT2D eigenvalue weighted by Crippen LogP contribution is -2.33. The van der Waals surface area contributed by atoms with Gasteiger partial charge in [0.15, 0.2) is 5.58 Å². The van der Waals surface area contributed by atoms with Gasteiger partial charge >= 0.3 is 0 Å². The van der Waals surface area contributed by atoms with E-state index >= 15 is 0 Å². The lowest BCUT2D eigenvalue weighted by molar-refractivity contribution is 0.172. The molecule has 7 heteroatoms. The van der Waals surface area contributed by atoms with Crippen LogP contribution in [0.4, 0.5) is 0 Å². The number of fused-ring (bicyclic) bond motifs is 1. The van der Waals surface area contributed by atoms with Gasteiger partial charge in [-0.3, -0.25) is 4.90 Å². The van der Waals surface area contributed by atoms with Crippen molar-refractivity contribution in [2.24, 2.45) is 5.92 Å². The molecule has 36 heavy (non-hydrogen) atoms. The molecule has 0 atom stereocenters. The number of rotatable bonds is 10. The van der Waals surface area contributed by atoms with E-state index in [1.807, 2.05) is 0 Å². The minimum atomic E-state index is 0. The number of ether oxygens (including phenoxy) is 1. The molecule has 5 nitrogen and oxygen atoms in total. The van der Waals surface area contributed by atoms with Crippen molar-refractivity contribution in [2.45, 2.75) is 52.6 Å². The molecule has 2 aromatic carbocycles. The fourth-order valence-electron chi connectivity index (χ4n) is 4.79. The maximum Gasteiger partial charge on any atom is 0.175 e. The molecule has 0 N–H and O–H groups in total. The Hall–Kier alpha value is -2.05. The summed E-state index contributed by atoms with van der Waals surface area (Å²) in [6.45, 7) is 8.92. The number of hydrogen-bond donors (Lipinski definition) is 0. The van der Waals surface area contributed by atoms with Crippen LogP contribution in [-0.2, 0) is 19.5 Å². The number of allylic oxidation sites excluding steroid dienone is 1. The number of aryl methyl sites for hydroxylation is 1. The monoisotopic (exact) mass is 533 g/mol. The summed E-state index contributed by atoms with van der Waals surface area (Å²) >= 11 is 0. The van der Waals surface area contributed by atoms with Gasteiger partial charge in [0.2, 0.25) is 0 Å². The Morgan fingerprint density at radius 2 is 1.81 bits per heavy atom. The zero-order valence-corrected chi connectivity index (χ0v) is 23.7. The van der Waals surface area contributed by atoms with Gasteiger partial charge in [-0.2, -0.15) is 0 Å². The van der Waals surface area contributed by atoms with Crippen LogP contribution in [0, 0.1) is 5.92 Å². The Kier molecular flexibility index (Phi) is 12.3. The normalized spacial score (nSPS) is 14.4. The minimum Gasteiger partial charge on any atom is -0.489 e. The van der Waals surface area contributed by atoms with Crippen LogP contribution in [0.1, 0.15) is 49.9 Å². The van der Waals surface area contributed by atoms with Gasteiger partial charge in [-0.15, -0.1) is 24.8 Å². The van der Waals surface area contributed by atoms with E-state index in [0.29, 0.717) is 6.61 Å². The average Bonchev–Trinajstić information content (AvgIpc) is 3.23. The Labute approximate surface area is 228 Å². The van der Waals surface area contributed by atoms with E-state index < -0.39 is 0 Å². The van der Waals surface area contributed by atoms with Crippen molar-refractivity contribution in [3.05, 3.63) is 70.9 Å². The third-order valence-corrected chi connectivity index (χ3v) is 6.73. The molecule has 1 fully saturated rings. The summed E-state index contributed by atoms with van der Waals surface area (Å²) < 4.78 is 12.0. The number of likely N-dealkylation sites (tertiary alicyclic amines) is 1. The number of hydrogen-bond acceptors (Lipinski definition) is 5. The van der Waals surface area contributed by atoms with Crippen LogP contribution < -0.4 is 4.74 Å². The Bertz CT molecular complexity index is 1090. The Balaban J connectivity index is 0.00000228. The predicted molar refractivity (Wildman–Crippen MR) is 154 cm³/mol. The third kappa shape index (κ3) is 8.24. The number of halogens is 2. The van der Waals surface area contributed by atoms with Crippen molar-refractivity contribution in [2.75, 3.05) is 33.8 Å². The van der Waals surface area contributed by atoms with E-state index in [1.165, 1.54) is 43.5 Å². The van der Waals surface area contributed by atoms with Crippen LogP contribution in [0.25, 0.3) is 11.0 Å². The molecule has 0 radical (unpaired) electrons. The molecule has 4 rings (SSSR count). The number of benzene rings is 2. The second-order valence-corrected chi connectivity index (χ2v) is 10.1. The van der Waals surface area contributed by atoms with Crippen molar-refractivity contribution < 1.29 is 9.26 Å². The average molecular weight is 535 g/mol. The highest BCUT2D eigenvalue weighted by Crippen LogP contribution is 2.33. The van der Waals surface area contributed by atoms with Gasteiger partial charge in [0.25, 0.3) is 0 Å². The first-order valence-electron chi connectivity index (χ1n) is 12.6. The molecule has 1 aliphatic heterocycles. The minimum absolute atomic E-state index is 0. The van der Waals surface area contributed by atoms with Gasteiger partial charge in [-0.1, -0.05) is 41.1 Å². The largest absolute Gasteiger partial charge is 0.489 e. The summed E-state index contributed by atoms with van der Waals surface area (Å²) in [6, 6.07) is 15.0. The number of aromatic nitrogens is 1. The first kappa shape index (κ1) is 30.2. The molecule has 0 spiro atoms. The van der Waals surface area contributed by atoms with Crippen molar-refractivity contribution in [3.63, 3.8) is 0 Å². The van der Waals surface area contributed by atoms with Crippen LogP contribution in [0.5, 0.6) is 5.75 Å². The van der Waals surface area contributed by atoms with E-state index in [0.717, 1.165) is 53.4 Å². The van der Waals surface area contributed by atoms with Gasteiger partial charge < -0.3 is 14.2 Å². The first-order chi connectivity index (χ1) is 16.5. The molecular formula is C29H41Cl2N3O2. The molecule has 0 aliphatic carbocycles. The van der Waals surface area contributed by atoms with Gasteiger partial charge in [0.1, 0.15) is 12.4 Å². The zero-order chi connectivity index (χ0) is 23.9. The van der Waals surface area contributed by atoms with E-state index in [9.17, 15) is 0 Å². The summed E-state index contributed by atoms with van der Waals surface area (Å²) in [5.41, 5.74) is 5.70. The van der Waals surface area contributed by atoms with E-state index in [1.54, 1.807) is 0 Å². The quantitative estimate of drug-likeness (QED) is 0.264. The number of nitrogens with zero attached hydrogens (tertiary/aromatic N) is 3. The fourth-order valence-corrected chi connectivity index (χ4v) is 4.79. The van der Waals surface area contributed by atoms with Gasteiger partial charge in [-0.25, -0.2) is 0 Å². The summed E-state index contributed by atoms with van der Waals surface area (Å²) in [5.74, 6) is 1.64. The Morgan fingerprint density at radius 1 is 1.08 bits per heavy atom. The predicted octanol–water partition coefficient (Wildman–Crippen LogP) is 6.92. The second kappa shape index (κ2) is 14.6. The summed E-state index contributed by atoms with van der Waals surface area (Å²) in [4.78, 5) is 4.73. The first-order valence-corrected chi connectivity index (χ1v) is 12.6. The van der Waals surface area contributed by atoms with Gasteiger partial charge in [0, 0.05) is 18.5 Å². The standard InChI is InChI=1S/C29H39N3O2.2ClH/c1-22(2)16-19-33-28-13-11-25-27(30-34-29(25)26(28)21-31(3)4)12-10-23-14-17-32(18-15-23)20-24-8-6-5-7-9-24;;/h5-9,11,13,16,23H,10,12,14-15,17-21H2,1-4H3;2*1H. The molecule has 1 aromatic heterocycles. The SMILES string of the molecule is CC(C)=CCOc1ccc2c(CCC3CCN(Cc4ccccc4)CC3)noc2c1CN(C)C.Cl.Cl.